The Hall–Kier alpha value is 0.554. The number of hydrogen-bond acceptors (Lipinski definition) is 0. The van der Waals surface area contributed by atoms with Crippen LogP contribution in [-0.4, -0.2) is 13.3 Å². The molecule has 0 nitrogen and oxygen atoms in total. The molecule has 4 heteroatoms. The number of fused-ring (bicyclic) bond motifs is 1. The SMILES string of the molecule is CP(C)c1cc2ccccc2[cH-]1.[Cl][Ti][Cl]. The Balaban J connectivity index is 0.000000337. The normalized spacial score (nSPS) is 9.93. The van der Waals surface area contributed by atoms with Crippen molar-refractivity contribution in [3.8, 4) is 0 Å². The molecule has 0 atom stereocenters. The standard InChI is InChI=1S/C11H12P.2ClH.Ti/c1-12(2)11-7-9-5-3-4-6-10(9)8-11;;;/h3-8H,1-2H3;2*1H;/q-1;;;+2/p-2. The van der Waals surface area contributed by atoms with Gasteiger partial charge in [-0.1, -0.05) is 6.07 Å². The number of hydrogen-bond donors (Lipinski definition) is 0. The fourth-order valence-corrected chi connectivity index (χ4v) is 2.19. The molecule has 0 spiro atoms. The van der Waals surface area contributed by atoms with E-state index < -0.39 is 17.0 Å². The van der Waals surface area contributed by atoms with E-state index in [1.165, 1.54) is 16.1 Å². The Bertz CT molecular complexity index is 379. The Morgan fingerprint density at radius 3 is 2.33 bits per heavy atom. The van der Waals surface area contributed by atoms with Crippen LogP contribution in [0.4, 0.5) is 0 Å². The Morgan fingerprint density at radius 2 is 1.80 bits per heavy atom. The summed E-state index contributed by atoms with van der Waals surface area (Å²) in [5.41, 5.74) is 0. The quantitative estimate of drug-likeness (QED) is 0.418. The molecule has 15 heavy (non-hydrogen) atoms. The van der Waals surface area contributed by atoms with Gasteiger partial charge in [0.05, 0.1) is 0 Å². The minimum absolute atomic E-state index is 0.0576. The van der Waals surface area contributed by atoms with Crippen LogP contribution in [-0.2, 0) is 17.0 Å². The molecule has 2 aromatic rings. The van der Waals surface area contributed by atoms with Crippen LogP contribution >= 0.6 is 26.5 Å². The molecule has 0 aromatic heterocycles. The fourth-order valence-electron chi connectivity index (χ4n) is 1.39. The summed E-state index contributed by atoms with van der Waals surface area (Å²) in [6, 6.07) is 13.2. The topological polar surface area (TPSA) is 0 Å². The van der Waals surface area contributed by atoms with E-state index in [-0.39, 0.29) is 7.92 Å². The second-order valence-corrected chi connectivity index (χ2v) is 8.19. The van der Waals surface area contributed by atoms with Crippen LogP contribution < -0.4 is 5.30 Å². The zero-order valence-corrected chi connectivity index (χ0v) is 12.6. The van der Waals surface area contributed by atoms with Crippen molar-refractivity contribution >= 4 is 42.6 Å². The van der Waals surface area contributed by atoms with Crippen molar-refractivity contribution in [2.24, 2.45) is 0 Å². The van der Waals surface area contributed by atoms with E-state index >= 15 is 0 Å². The van der Waals surface area contributed by atoms with Crippen molar-refractivity contribution in [2.45, 2.75) is 0 Å². The van der Waals surface area contributed by atoms with Crippen LogP contribution in [0.2, 0.25) is 0 Å². The maximum absolute atomic E-state index is 4.89. The van der Waals surface area contributed by atoms with E-state index in [2.05, 4.69) is 49.7 Å². The monoisotopic (exact) mass is 293 g/mol. The average Bonchev–Trinajstić information content (AvgIpc) is 2.62. The van der Waals surface area contributed by atoms with Gasteiger partial charge in [-0.05, 0) is 13.3 Å². The number of halogens is 2. The van der Waals surface area contributed by atoms with E-state index in [9.17, 15) is 0 Å². The van der Waals surface area contributed by atoms with Gasteiger partial charge in [0.1, 0.15) is 0 Å². The molecule has 0 radical (unpaired) electrons. The van der Waals surface area contributed by atoms with Gasteiger partial charge in [0.2, 0.25) is 0 Å². The molecule has 0 unspecified atom stereocenters. The molecule has 0 aliphatic carbocycles. The predicted octanol–water partition coefficient (Wildman–Crippen LogP) is 4.30. The summed E-state index contributed by atoms with van der Waals surface area (Å²) in [7, 11) is 9.84. The van der Waals surface area contributed by atoms with E-state index in [1.807, 2.05) is 0 Å². The Morgan fingerprint density at radius 1 is 1.20 bits per heavy atom. The molecular weight excluding hydrogens is 282 g/mol. The van der Waals surface area contributed by atoms with E-state index in [0.717, 1.165) is 0 Å². The van der Waals surface area contributed by atoms with Gasteiger partial charge in [0, 0.05) is 0 Å². The van der Waals surface area contributed by atoms with Crippen LogP contribution in [0.3, 0.4) is 0 Å². The summed E-state index contributed by atoms with van der Waals surface area (Å²) in [5, 5.41) is 4.26. The molecule has 2 aromatic carbocycles. The van der Waals surface area contributed by atoms with Crippen molar-refractivity contribution in [3.05, 3.63) is 36.4 Å². The minimum atomic E-state index is -0.556. The van der Waals surface area contributed by atoms with Crippen LogP contribution in [0, 0.1) is 0 Å². The van der Waals surface area contributed by atoms with E-state index in [0.29, 0.717) is 0 Å². The number of rotatable bonds is 1. The van der Waals surface area contributed by atoms with E-state index in [1.54, 1.807) is 0 Å². The van der Waals surface area contributed by atoms with Crippen LogP contribution in [0.5, 0.6) is 0 Å². The van der Waals surface area contributed by atoms with Crippen molar-refractivity contribution in [3.63, 3.8) is 0 Å². The van der Waals surface area contributed by atoms with Crippen molar-refractivity contribution < 1.29 is 17.0 Å². The average molecular weight is 294 g/mol. The number of benzene rings is 1. The molecule has 2 rings (SSSR count). The third-order valence-electron chi connectivity index (χ3n) is 2.12. The van der Waals surface area contributed by atoms with Crippen molar-refractivity contribution in [1.29, 1.82) is 0 Å². The first-order valence-electron chi connectivity index (χ1n) is 4.48. The second-order valence-electron chi connectivity index (χ2n) is 3.31. The van der Waals surface area contributed by atoms with Crippen LogP contribution in [0.15, 0.2) is 36.4 Å². The van der Waals surface area contributed by atoms with Gasteiger partial charge in [-0.25, -0.2) is 0 Å². The second kappa shape index (κ2) is 6.99. The Kier molecular flexibility index (Phi) is 6.35. The van der Waals surface area contributed by atoms with Gasteiger partial charge < -0.3 is 0 Å². The van der Waals surface area contributed by atoms with E-state index in [4.69, 9.17) is 18.6 Å². The van der Waals surface area contributed by atoms with Gasteiger partial charge in [-0.3, -0.25) is 0 Å². The predicted molar refractivity (Wildman–Crippen MR) is 69.6 cm³/mol. The molecule has 0 heterocycles. The molecule has 0 amide bonds. The molecule has 0 bridgehead atoms. The first-order valence-corrected chi connectivity index (χ1v) is 11.0. The first kappa shape index (κ1) is 13.6. The first-order chi connectivity index (χ1) is 7.19. The fraction of sp³-hybridized carbons (Fsp3) is 0.182. The van der Waals surface area contributed by atoms with Crippen molar-refractivity contribution in [1.82, 2.24) is 0 Å². The molecule has 0 saturated heterocycles. The maximum atomic E-state index is 4.89. The zero-order valence-electron chi connectivity index (χ0n) is 8.67. The molecule has 80 valence electrons. The summed E-state index contributed by atoms with van der Waals surface area (Å²) in [6.07, 6.45) is 0. The third-order valence-corrected chi connectivity index (χ3v) is 3.41. The summed E-state index contributed by atoms with van der Waals surface area (Å²) in [5.74, 6) is 0. The summed E-state index contributed by atoms with van der Waals surface area (Å²) < 4.78 is 0. The summed E-state index contributed by atoms with van der Waals surface area (Å²) >= 11 is -0.556. The van der Waals surface area contributed by atoms with Gasteiger partial charge in [-0.2, -0.15) is 6.07 Å². The molecule has 0 aliphatic rings. The summed E-state index contributed by atoms with van der Waals surface area (Å²) in [4.78, 5) is 0. The van der Waals surface area contributed by atoms with Crippen molar-refractivity contribution in [2.75, 3.05) is 13.3 Å². The van der Waals surface area contributed by atoms with Gasteiger partial charge in [-0.15, -0.1) is 48.3 Å². The van der Waals surface area contributed by atoms with Crippen LogP contribution in [0.25, 0.3) is 10.8 Å². The Labute approximate surface area is 109 Å². The molecule has 0 saturated carbocycles. The zero-order chi connectivity index (χ0) is 11.3. The molecule has 0 fully saturated rings. The molecular formula is C11H12Cl2PTi-. The van der Waals surface area contributed by atoms with Crippen LogP contribution in [0.1, 0.15) is 0 Å². The molecule has 0 aliphatic heterocycles. The van der Waals surface area contributed by atoms with Gasteiger partial charge in [0.15, 0.2) is 0 Å². The summed E-state index contributed by atoms with van der Waals surface area (Å²) in [6.45, 7) is 4.59. The molecule has 0 N–H and O–H groups in total. The third kappa shape index (κ3) is 4.13. The van der Waals surface area contributed by atoms with Gasteiger partial charge >= 0.3 is 35.6 Å². The van der Waals surface area contributed by atoms with Gasteiger partial charge in [0.25, 0.3) is 0 Å².